The van der Waals surface area contributed by atoms with Crippen molar-refractivity contribution in [3.63, 3.8) is 0 Å². The molecule has 3 aromatic rings. The van der Waals surface area contributed by atoms with Gasteiger partial charge >= 0.3 is 0 Å². The number of nitrogens with one attached hydrogen (secondary N) is 1. The summed E-state index contributed by atoms with van der Waals surface area (Å²) in [5, 5.41) is 13.6. The van der Waals surface area contributed by atoms with E-state index in [2.05, 4.69) is 27.9 Å². The van der Waals surface area contributed by atoms with Crippen LogP contribution in [0.5, 0.6) is 0 Å². The third-order valence-corrected chi connectivity index (χ3v) is 6.41. The van der Waals surface area contributed by atoms with E-state index in [1.54, 1.807) is 30.3 Å². The van der Waals surface area contributed by atoms with Crippen LogP contribution in [0.4, 0.5) is 5.69 Å². The van der Waals surface area contributed by atoms with Crippen LogP contribution in [0.3, 0.4) is 0 Å². The molecule has 0 radical (unpaired) electrons. The molecular weight excluding hydrogens is 511 g/mol. The second-order valence-electron chi connectivity index (χ2n) is 6.26. The van der Waals surface area contributed by atoms with E-state index >= 15 is 0 Å². The number of amides is 2. The molecule has 0 bridgehead atoms. The molecule has 2 aromatic carbocycles. The highest BCUT2D eigenvalue weighted by atomic mass is 127. The van der Waals surface area contributed by atoms with Crippen LogP contribution >= 0.6 is 45.5 Å². The topological polar surface area (TPSA) is 69.6 Å². The van der Waals surface area contributed by atoms with Crippen LogP contribution in [0, 0.1) is 3.57 Å². The van der Waals surface area contributed by atoms with Gasteiger partial charge in [-0.2, -0.15) is 0 Å². The van der Waals surface area contributed by atoms with Crippen molar-refractivity contribution in [3.8, 4) is 0 Å². The number of halogens is 2. The molecule has 5 nitrogen and oxygen atoms in total. The molecule has 1 aliphatic rings. The molecule has 0 aliphatic carbocycles. The minimum absolute atomic E-state index is 0.267. The number of aliphatic hydroxyl groups excluding tert-OH is 1. The van der Waals surface area contributed by atoms with Gasteiger partial charge in [-0.25, -0.2) is 0 Å². The van der Waals surface area contributed by atoms with E-state index in [0.717, 1.165) is 9.13 Å². The highest BCUT2D eigenvalue weighted by Crippen LogP contribution is 2.38. The van der Waals surface area contributed by atoms with Crippen LogP contribution in [-0.4, -0.2) is 21.8 Å². The van der Waals surface area contributed by atoms with Gasteiger partial charge < -0.3 is 15.3 Å². The van der Waals surface area contributed by atoms with Crippen LogP contribution in [0.1, 0.15) is 37.4 Å². The standard InChI is InChI=1S/C20H14ClIN2O3S/c21-16-9-8-15(28-16)18(25)23-14-3-1-2-13-17(14)20(27)24(19(13)26)10-11-4-6-12(22)7-5-11/h1-9,20,27H,10H2,(H,23,25). The summed E-state index contributed by atoms with van der Waals surface area (Å²) in [7, 11) is 0. The highest BCUT2D eigenvalue weighted by molar-refractivity contribution is 14.1. The fourth-order valence-corrected chi connectivity index (χ4v) is 4.42. The molecule has 142 valence electrons. The molecule has 1 unspecified atom stereocenters. The van der Waals surface area contributed by atoms with E-state index in [9.17, 15) is 14.7 Å². The van der Waals surface area contributed by atoms with Crippen molar-refractivity contribution in [1.29, 1.82) is 0 Å². The van der Waals surface area contributed by atoms with E-state index in [0.29, 0.717) is 26.0 Å². The van der Waals surface area contributed by atoms with Crippen molar-refractivity contribution in [3.05, 3.63) is 84.1 Å². The number of hydrogen-bond donors (Lipinski definition) is 2. The SMILES string of the molecule is O=C(Nc1cccc2c1C(O)N(Cc1ccc(I)cc1)C2=O)c1ccc(Cl)s1. The molecule has 2 amide bonds. The van der Waals surface area contributed by atoms with Gasteiger partial charge in [-0.1, -0.05) is 29.8 Å². The van der Waals surface area contributed by atoms with Gasteiger partial charge in [-0.05, 0) is 64.6 Å². The van der Waals surface area contributed by atoms with Crippen molar-refractivity contribution < 1.29 is 14.7 Å². The summed E-state index contributed by atoms with van der Waals surface area (Å²) in [4.78, 5) is 27.2. The Kier molecular flexibility index (Phi) is 5.42. The first kappa shape index (κ1) is 19.4. The van der Waals surface area contributed by atoms with Gasteiger partial charge in [0.1, 0.15) is 0 Å². The Morgan fingerprint density at radius 3 is 2.61 bits per heavy atom. The second kappa shape index (κ2) is 7.82. The number of rotatable bonds is 4. The summed E-state index contributed by atoms with van der Waals surface area (Å²) >= 11 is 9.28. The zero-order chi connectivity index (χ0) is 19.8. The zero-order valence-electron chi connectivity index (χ0n) is 14.4. The molecule has 28 heavy (non-hydrogen) atoms. The molecule has 0 saturated carbocycles. The lowest BCUT2D eigenvalue weighted by atomic mass is 10.1. The lowest BCUT2D eigenvalue weighted by Gasteiger charge is -2.21. The van der Waals surface area contributed by atoms with Crippen molar-refractivity contribution in [2.45, 2.75) is 12.8 Å². The second-order valence-corrected chi connectivity index (χ2v) is 9.22. The molecule has 1 aliphatic heterocycles. The molecule has 1 aromatic heterocycles. The third kappa shape index (κ3) is 3.67. The number of carbonyl (C=O) groups is 2. The van der Waals surface area contributed by atoms with Gasteiger partial charge in [-0.3, -0.25) is 9.59 Å². The van der Waals surface area contributed by atoms with Gasteiger partial charge in [0.05, 0.1) is 9.21 Å². The smallest absolute Gasteiger partial charge is 0.265 e. The Morgan fingerprint density at radius 2 is 1.93 bits per heavy atom. The van der Waals surface area contributed by atoms with Crippen LogP contribution in [-0.2, 0) is 6.54 Å². The Morgan fingerprint density at radius 1 is 1.18 bits per heavy atom. The summed E-state index contributed by atoms with van der Waals surface area (Å²) in [6.45, 7) is 0.277. The number of benzene rings is 2. The molecule has 2 N–H and O–H groups in total. The van der Waals surface area contributed by atoms with Gasteiger partial charge in [0.2, 0.25) is 0 Å². The fourth-order valence-electron chi connectivity index (χ4n) is 3.13. The first-order chi connectivity index (χ1) is 13.4. The van der Waals surface area contributed by atoms with Gasteiger partial charge in [0.15, 0.2) is 6.23 Å². The number of carbonyl (C=O) groups excluding carboxylic acids is 2. The number of fused-ring (bicyclic) bond motifs is 1. The predicted octanol–water partition coefficient (Wildman–Crippen LogP) is 4.91. The number of nitrogens with zero attached hydrogens (tertiary/aromatic N) is 1. The summed E-state index contributed by atoms with van der Waals surface area (Å²) in [5.41, 5.74) is 2.13. The maximum absolute atomic E-state index is 12.8. The van der Waals surface area contributed by atoms with Crippen LogP contribution in [0.25, 0.3) is 0 Å². The highest BCUT2D eigenvalue weighted by Gasteiger charge is 2.37. The van der Waals surface area contributed by atoms with E-state index in [1.807, 2.05) is 24.3 Å². The molecule has 4 rings (SSSR count). The van der Waals surface area contributed by atoms with Crippen molar-refractivity contribution >= 4 is 63.0 Å². The fraction of sp³-hybridized carbons (Fsp3) is 0.100. The zero-order valence-corrected chi connectivity index (χ0v) is 18.1. The first-order valence-electron chi connectivity index (χ1n) is 8.37. The van der Waals surface area contributed by atoms with Gasteiger partial charge in [0.25, 0.3) is 11.8 Å². The van der Waals surface area contributed by atoms with E-state index in [1.165, 1.54) is 16.2 Å². The largest absolute Gasteiger partial charge is 0.369 e. The monoisotopic (exact) mass is 524 g/mol. The first-order valence-corrected chi connectivity index (χ1v) is 10.6. The third-order valence-electron chi connectivity index (χ3n) is 4.46. The molecule has 0 fully saturated rings. The molecule has 8 heteroatoms. The Labute approximate surface area is 184 Å². The summed E-state index contributed by atoms with van der Waals surface area (Å²) in [5.74, 6) is -0.600. The molecule has 1 atom stereocenters. The number of hydrogen-bond acceptors (Lipinski definition) is 4. The van der Waals surface area contributed by atoms with Gasteiger partial charge in [0, 0.05) is 26.9 Å². The van der Waals surface area contributed by atoms with Crippen molar-refractivity contribution in [2.75, 3.05) is 5.32 Å². The summed E-state index contributed by atoms with van der Waals surface area (Å²) < 4.78 is 1.61. The molecule has 0 spiro atoms. The van der Waals surface area contributed by atoms with Crippen molar-refractivity contribution in [1.82, 2.24) is 4.90 Å². The van der Waals surface area contributed by atoms with Crippen molar-refractivity contribution in [2.24, 2.45) is 0 Å². The normalized spacial score (nSPS) is 15.6. The number of aliphatic hydroxyl groups is 1. The molecule has 0 saturated heterocycles. The average molecular weight is 525 g/mol. The van der Waals surface area contributed by atoms with Gasteiger partial charge in [-0.15, -0.1) is 11.3 Å². The lowest BCUT2D eigenvalue weighted by molar-refractivity contribution is 0.0140. The van der Waals surface area contributed by atoms with E-state index in [4.69, 9.17) is 11.6 Å². The van der Waals surface area contributed by atoms with E-state index < -0.39 is 6.23 Å². The average Bonchev–Trinajstić information content (AvgIpc) is 3.21. The minimum Gasteiger partial charge on any atom is -0.369 e. The maximum Gasteiger partial charge on any atom is 0.265 e. The molecule has 2 heterocycles. The Hall–Kier alpha value is -1.94. The Balaban J connectivity index is 1.61. The summed E-state index contributed by atoms with van der Waals surface area (Å²) in [6.07, 6.45) is -1.13. The van der Waals surface area contributed by atoms with Crippen LogP contribution in [0.2, 0.25) is 4.34 Å². The molecular formula is C20H14ClIN2O3S. The summed E-state index contributed by atoms with van der Waals surface area (Å²) in [6, 6.07) is 16.1. The lowest BCUT2D eigenvalue weighted by Crippen LogP contribution is -2.27. The Bertz CT molecular complexity index is 1070. The van der Waals surface area contributed by atoms with Crippen LogP contribution in [0.15, 0.2) is 54.6 Å². The predicted molar refractivity (Wildman–Crippen MR) is 118 cm³/mol. The van der Waals surface area contributed by atoms with Crippen LogP contribution < -0.4 is 5.32 Å². The maximum atomic E-state index is 12.8. The quantitative estimate of drug-likeness (QED) is 0.477. The van der Waals surface area contributed by atoms with E-state index in [-0.39, 0.29) is 18.4 Å². The number of thiophene rings is 1. The minimum atomic E-state index is -1.13. The number of anilines is 1.